The lowest BCUT2D eigenvalue weighted by atomic mass is 9.97. The summed E-state index contributed by atoms with van der Waals surface area (Å²) in [4.78, 5) is 30.4. The summed E-state index contributed by atoms with van der Waals surface area (Å²) in [6.07, 6.45) is 7.07. The van der Waals surface area contributed by atoms with Gasteiger partial charge in [-0.2, -0.15) is 0 Å². The molecule has 2 heterocycles. The molecule has 2 N–H and O–H groups in total. The van der Waals surface area contributed by atoms with E-state index in [1.165, 1.54) is 51.9 Å². The predicted molar refractivity (Wildman–Crippen MR) is 126 cm³/mol. The van der Waals surface area contributed by atoms with Crippen molar-refractivity contribution < 1.29 is 9.59 Å². The summed E-state index contributed by atoms with van der Waals surface area (Å²) in [6, 6.07) is 5.58. The fourth-order valence-electron chi connectivity index (χ4n) is 4.47. The first-order chi connectivity index (χ1) is 15.0. The maximum Gasteiger partial charge on any atom is 0.251 e. The Morgan fingerprint density at radius 3 is 1.58 bits per heavy atom. The third-order valence-corrected chi connectivity index (χ3v) is 6.42. The molecule has 0 spiro atoms. The minimum Gasteiger partial charge on any atom is -0.352 e. The van der Waals surface area contributed by atoms with Crippen LogP contribution in [0.15, 0.2) is 18.2 Å². The minimum atomic E-state index is -0.0907. The second-order valence-corrected chi connectivity index (χ2v) is 9.31. The van der Waals surface area contributed by atoms with Gasteiger partial charge in [-0.3, -0.25) is 9.59 Å². The zero-order valence-corrected chi connectivity index (χ0v) is 19.4. The standard InChI is InChI=1S/C25H40N4O2/c1-20(2)21-17-22(24(30)26-9-7-15-28-11-3-4-12-28)19-23(18-21)25(31)27-10-8-16-29-13-5-6-14-29/h17-20H,3-16H2,1-2H3,(H,26,30)(H,27,31). The molecule has 0 bridgehead atoms. The van der Waals surface area contributed by atoms with E-state index in [0.29, 0.717) is 24.2 Å². The molecule has 0 atom stereocenters. The third kappa shape index (κ3) is 7.62. The van der Waals surface area contributed by atoms with E-state index in [0.717, 1.165) is 31.5 Å². The van der Waals surface area contributed by atoms with Gasteiger partial charge >= 0.3 is 0 Å². The van der Waals surface area contributed by atoms with Gasteiger partial charge in [-0.15, -0.1) is 0 Å². The highest BCUT2D eigenvalue weighted by Gasteiger charge is 2.16. The summed E-state index contributed by atoms with van der Waals surface area (Å²) in [6.45, 7) is 12.3. The molecule has 2 aliphatic rings. The molecule has 0 radical (unpaired) electrons. The van der Waals surface area contributed by atoms with Gasteiger partial charge in [0.15, 0.2) is 0 Å². The molecule has 31 heavy (non-hydrogen) atoms. The van der Waals surface area contributed by atoms with Gasteiger partial charge in [-0.05, 0) is 107 Å². The van der Waals surface area contributed by atoms with Gasteiger partial charge in [-0.25, -0.2) is 0 Å². The number of carbonyl (C=O) groups excluding carboxylic acids is 2. The van der Waals surface area contributed by atoms with E-state index in [2.05, 4.69) is 34.3 Å². The van der Waals surface area contributed by atoms with Crippen LogP contribution in [0.5, 0.6) is 0 Å². The monoisotopic (exact) mass is 428 g/mol. The summed E-state index contributed by atoms with van der Waals surface area (Å²) in [5.74, 6) is 0.0728. The molecular weight excluding hydrogens is 388 g/mol. The van der Waals surface area contributed by atoms with Gasteiger partial charge in [-0.1, -0.05) is 13.8 Å². The Labute approximate surface area is 187 Å². The predicted octanol–water partition coefficient (Wildman–Crippen LogP) is 3.24. The number of benzene rings is 1. The van der Waals surface area contributed by atoms with Crippen molar-refractivity contribution in [1.82, 2.24) is 20.4 Å². The number of nitrogens with one attached hydrogen (secondary N) is 2. The number of hydrogen-bond donors (Lipinski definition) is 2. The number of nitrogens with zero attached hydrogens (tertiary/aromatic N) is 2. The van der Waals surface area contributed by atoms with Crippen LogP contribution in [0.4, 0.5) is 0 Å². The number of carbonyl (C=O) groups is 2. The average Bonchev–Trinajstić information content (AvgIpc) is 3.48. The van der Waals surface area contributed by atoms with Gasteiger partial charge in [0, 0.05) is 24.2 Å². The van der Waals surface area contributed by atoms with Gasteiger partial charge in [0.25, 0.3) is 11.8 Å². The highest BCUT2D eigenvalue weighted by atomic mass is 16.2. The van der Waals surface area contributed by atoms with Crippen molar-refractivity contribution in [3.8, 4) is 0 Å². The first-order valence-electron chi connectivity index (χ1n) is 12.2. The highest BCUT2D eigenvalue weighted by molar-refractivity contribution is 6.00. The van der Waals surface area contributed by atoms with Gasteiger partial charge in [0.1, 0.15) is 0 Å². The molecule has 3 rings (SSSR count). The third-order valence-electron chi connectivity index (χ3n) is 6.42. The average molecular weight is 429 g/mol. The number of rotatable bonds is 11. The molecule has 2 aliphatic heterocycles. The lowest BCUT2D eigenvalue weighted by molar-refractivity contribution is 0.0951. The van der Waals surface area contributed by atoms with Crippen LogP contribution in [0.25, 0.3) is 0 Å². The zero-order chi connectivity index (χ0) is 22.1. The van der Waals surface area contributed by atoms with Crippen LogP contribution in [0, 0.1) is 0 Å². The number of likely N-dealkylation sites (tertiary alicyclic amines) is 2. The normalized spacial score (nSPS) is 17.4. The Bertz CT molecular complexity index is 668. The maximum absolute atomic E-state index is 12.7. The fraction of sp³-hybridized carbons (Fsp3) is 0.680. The van der Waals surface area contributed by atoms with Crippen LogP contribution in [-0.4, -0.2) is 74.0 Å². The molecule has 2 fully saturated rings. The molecule has 1 aromatic rings. The molecule has 6 heteroatoms. The van der Waals surface area contributed by atoms with Crippen LogP contribution in [-0.2, 0) is 0 Å². The smallest absolute Gasteiger partial charge is 0.251 e. The van der Waals surface area contributed by atoms with Crippen molar-refractivity contribution in [2.75, 3.05) is 52.4 Å². The van der Waals surface area contributed by atoms with E-state index in [1.807, 2.05) is 12.1 Å². The second-order valence-electron chi connectivity index (χ2n) is 9.31. The lowest BCUT2D eigenvalue weighted by Crippen LogP contribution is -2.30. The van der Waals surface area contributed by atoms with E-state index in [4.69, 9.17) is 0 Å². The van der Waals surface area contributed by atoms with Crippen molar-refractivity contribution >= 4 is 11.8 Å². The number of hydrogen-bond acceptors (Lipinski definition) is 4. The first-order valence-corrected chi connectivity index (χ1v) is 12.2. The molecule has 2 saturated heterocycles. The topological polar surface area (TPSA) is 64.7 Å². The molecule has 0 unspecified atom stereocenters. The summed E-state index contributed by atoms with van der Waals surface area (Å²) in [5.41, 5.74) is 2.18. The molecule has 172 valence electrons. The number of amides is 2. The van der Waals surface area contributed by atoms with Crippen molar-refractivity contribution in [3.63, 3.8) is 0 Å². The van der Waals surface area contributed by atoms with Crippen molar-refractivity contribution in [3.05, 3.63) is 34.9 Å². The maximum atomic E-state index is 12.7. The van der Waals surface area contributed by atoms with Crippen molar-refractivity contribution in [1.29, 1.82) is 0 Å². The Kier molecular flexibility index (Phi) is 9.34. The quantitative estimate of drug-likeness (QED) is 0.531. The van der Waals surface area contributed by atoms with E-state index >= 15 is 0 Å². The molecule has 0 aromatic heterocycles. The van der Waals surface area contributed by atoms with Gasteiger partial charge in [0.05, 0.1) is 0 Å². The van der Waals surface area contributed by atoms with E-state index < -0.39 is 0 Å². The Morgan fingerprint density at radius 1 is 0.774 bits per heavy atom. The molecular formula is C25H40N4O2. The van der Waals surface area contributed by atoms with Crippen LogP contribution in [0.1, 0.15) is 84.6 Å². The largest absolute Gasteiger partial charge is 0.352 e. The fourth-order valence-corrected chi connectivity index (χ4v) is 4.47. The Balaban J connectivity index is 1.50. The summed E-state index contributed by atoms with van der Waals surface area (Å²) in [5, 5.41) is 6.07. The molecule has 2 amide bonds. The summed E-state index contributed by atoms with van der Waals surface area (Å²) < 4.78 is 0. The SMILES string of the molecule is CC(C)c1cc(C(=O)NCCCN2CCCC2)cc(C(=O)NCCCN2CCCC2)c1. The summed E-state index contributed by atoms with van der Waals surface area (Å²) in [7, 11) is 0. The highest BCUT2D eigenvalue weighted by Crippen LogP contribution is 2.19. The lowest BCUT2D eigenvalue weighted by Gasteiger charge is -2.16. The Hall–Kier alpha value is -1.92. The first kappa shape index (κ1) is 23.7. The molecule has 0 aliphatic carbocycles. The van der Waals surface area contributed by atoms with Crippen molar-refractivity contribution in [2.24, 2.45) is 0 Å². The second kappa shape index (κ2) is 12.2. The van der Waals surface area contributed by atoms with Crippen LogP contribution in [0.2, 0.25) is 0 Å². The van der Waals surface area contributed by atoms with Gasteiger partial charge in [0.2, 0.25) is 0 Å². The zero-order valence-electron chi connectivity index (χ0n) is 19.4. The minimum absolute atomic E-state index is 0.0907. The van der Waals surface area contributed by atoms with E-state index in [-0.39, 0.29) is 17.7 Å². The Morgan fingerprint density at radius 2 is 1.19 bits per heavy atom. The molecule has 6 nitrogen and oxygen atoms in total. The van der Waals surface area contributed by atoms with Crippen LogP contribution >= 0.6 is 0 Å². The van der Waals surface area contributed by atoms with Crippen LogP contribution < -0.4 is 10.6 Å². The van der Waals surface area contributed by atoms with E-state index in [9.17, 15) is 9.59 Å². The summed E-state index contributed by atoms with van der Waals surface area (Å²) >= 11 is 0. The molecule has 1 aromatic carbocycles. The van der Waals surface area contributed by atoms with E-state index in [1.54, 1.807) is 6.07 Å². The molecule has 0 saturated carbocycles. The van der Waals surface area contributed by atoms with Crippen LogP contribution in [0.3, 0.4) is 0 Å². The van der Waals surface area contributed by atoms with Crippen molar-refractivity contribution in [2.45, 2.75) is 58.3 Å². The van der Waals surface area contributed by atoms with Gasteiger partial charge < -0.3 is 20.4 Å².